The Kier molecular flexibility index (Phi) is 12.1. The number of fused-ring (bicyclic) bond motifs is 5. The molecule has 302 valence electrons. The minimum atomic E-state index is -1.97. The quantitative estimate of drug-likeness (QED) is 0.0981. The van der Waals surface area contributed by atoms with Crippen molar-refractivity contribution in [1.82, 2.24) is 30.8 Å². The molecular weight excluding hydrogens is 731 g/mol. The van der Waals surface area contributed by atoms with E-state index in [2.05, 4.69) is 21.3 Å². The number of ether oxygens (including phenoxy) is 3. The van der Waals surface area contributed by atoms with Crippen LogP contribution in [0.25, 0.3) is 22.3 Å². The molecule has 3 aromatic rings. The molecule has 0 bridgehead atoms. The van der Waals surface area contributed by atoms with Crippen LogP contribution in [0.2, 0.25) is 0 Å². The van der Waals surface area contributed by atoms with Gasteiger partial charge in [-0.2, -0.15) is 0 Å². The number of carbonyl (C=O) groups is 5. The van der Waals surface area contributed by atoms with Gasteiger partial charge in [-0.05, 0) is 64.2 Å². The van der Waals surface area contributed by atoms with E-state index in [-0.39, 0.29) is 55.5 Å². The summed E-state index contributed by atoms with van der Waals surface area (Å²) in [4.78, 5) is 81.0. The summed E-state index contributed by atoms with van der Waals surface area (Å²) in [5.41, 5.74) is 0.0320. The summed E-state index contributed by atoms with van der Waals surface area (Å²) >= 11 is 0. The number of amides is 4. The van der Waals surface area contributed by atoms with Crippen molar-refractivity contribution < 1.29 is 47.7 Å². The number of aromatic nitrogens is 2. The second-order valence-corrected chi connectivity index (χ2v) is 15.2. The van der Waals surface area contributed by atoms with Gasteiger partial charge < -0.3 is 45.2 Å². The number of esters is 1. The molecule has 0 fully saturated rings. The SMILES string of the molecule is CCc1c2c(nc3cc(F)c(OCCNC(=O)CNC(=O)[C@H](C)NC(=O)[C@@H](NC(=O)OC(C)(C)C)C(C)C)cc13)-c1cc3c(c(=O)n1C2)COC(=O)[C@]3(O)CC. The maximum atomic E-state index is 15.4. The predicted octanol–water partition coefficient (Wildman–Crippen LogP) is 2.45. The Labute approximate surface area is 322 Å². The Morgan fingerprint density at radius 3 is 2.39 bits per heavy atom. The topological polar surface area (TPSA) is 216 Å². The molecule has 4 heterocycles. The Morgan fingerprint density at radius 1 is 1.04 bits per heavy atom. The van der Waals surface area contributed by atoms with Crippen LogP contribution in [0.15, 0.2) is 23.0 Å². The molecule has 4 amide bonds. The van der Waals surface area contributed by atoms with E-state index in [1.807, 2.05) is 6.92 Å². The Bertz CT molecular complexity index is 2150. The van der Waals surface area contributed by atoms with Crippen molar-refractivity contribution in [3.63, 3.8) is 0 Å². The molecule has 2 aromatic heterocycles. The molecule has 56 heavy (non-hydrogen) atoms. The molecule has 1 aromatic carbocycles. The standard InChI is InChI=1S/C39H49FN6O10/c1-9-21-22-13-29(54-12-11-41-30(47)16-42-33(48)20(5)43-34(49)31(19(3)4)45-37(52)56-38(6,7)8)26(40)15-27(22)44-32-23(21)17-46-28(32)14-25-24(35(46)50)18-55-36(51)39(25,53)10-2/h13-15,19-20,31,53H,9-12,16-18H2,1-8H3,(H,41,47)(H,42,48)(H,43,49)(H,45,52)/t20-,31-,39-/m0/s1. The van der Waals surface area contributed by atoms with Crippen LogP contribution in [0, 0.1) is 11.7 Å². The highest BCUT2D eigenvalue weighted by atomic mass is 19.1. The fourth-order valence-corrected chi connectivity index (χ4v) is 6.75. The number of hydrogen-bond donors (Lipinski definition) is 5. The van der Waals surface area contributed by atoms with E-state index in [9.17, 15) is 33.9 Å². The number of rotatable bonds is 13. The molecule has 0 unspecified atom stereocenters. The first kappa shape index (κ1) is 41.6. The number of pyridine rings is 2. The monoisotopic (exact) mass is 780 g/mol. The summed E-state index contributed by atoms with van der Waals surface area (Å²) in [5, 5.41) is 21.9. The average molecular weight is 781 g/mol. The van der Waals surface area contributed by atoms with Crippen LogP contribution in [-0.2, 0) is 53.8 Å². The van der Waals surface area contributed by atoms with Crippen LogP contribution in [0.4, 0.5) is 9.18 Å². The molecule has 2 aliphatic rings. The summed E-state index contributed by atoms with van der Waals surface area (Å²) in [5.74, 6) is -3.69. The Balaban J connectivity index is 1.18. The molecule has 0 spiro atoms. The van der Waals surface area contributed by atoms with Crippen LogP contribution in [-0.4, -0.2) is 81.8 Å². The number of alkyl carbamates (subject to hydrolysis) is 1. The zero-order chi connectivity index (χ0) is 41.3. The van der Waals surface area contributed by atoms with Gasteiger partial charge in [-0.3, -0.25) is 19.2 Å². The third-order valence-electron chi connectivity index (χ3n) is 9.69. The van der Waals surface area contributed by atoms with Gasteiger partial charge in [0.1, 0.15) is 30.9 Å². The zero-order valence-electron chi connectivity index (χ0n) is 32.8. The first-order valence-electron chi connectivity index (χ1n) is 18.6. The predicted molar refractivity (Wildman–Crippen MR) is 201 cm³/mol. The molecule has 16 nitrogen and oxygen atoms in total. The first-order valence-corrected chi connectivity index (χ1v) is 18.6. The maximum Gasteiger partial charge on any atom is 0.408 e. The molecule has 0 aliphatic carbocycles. The second kappa shape index (κ2) is 16.3. The lowest BCUT2D eigenvalue weighted by molar-refractivity contribution is -0.172. The average Bonchev–Trinajstić information content (AvgIpc) is 3.49. The van der Waals surface area contributed by atoms with Gasteiger partial charge in [-0.1, -0.05) is 27.7 Å². The lowest BCUT2D eigenvalue weighted by Crippen LogP contribution is -2.55. The number of halogens is 1. The molecular formula is C39H49FN6O10. The lowest BCUT2D eigenvalue weighted by Gasteiger charge is -2.31. The summed E-state index contributed by atoms with van der Waals surface area (Å²) in [7, 11) is 0. The van der Waals surface area contributed by atoms with Crippen LogP contribution >= 0.6 is 0 Å². The van der Waals surface area contributed by atoms with Gasteiger partial charge in [0.25, 0.3) is 5.56 Å². The van der Waals surface area contributed by atoms with Crippen LogP contribution in [0.1, 0.15) is 84.1 Å². The van der Waals surface area contributed by atoms with Gasteiger partial charge >= 0.3 is 12.1 Å². The lowest BCUT2D eigenvalue weighted by atomic mass is 9.86. The van der Waals surface area contributed by atoms with Crippen molar-refractivity contribution in [3.05, 3.63) is 56.6 Å². The smallest absolute Gasteiger partial charge is 0.408 e. The zero-order valence-corrected chi connectivity index (χ0v) is 32.8. The van der Waals surface area contributed by atoms with Gasteiger partial charge in [0.05, 0.1) is 42.1 Å². The van der Waals surface area contributed by atoms with Crippen molar-refractivity contribution in [1.29, 1.82) is 0 Å². The minimum absolute atomic E-state index is 0.00650. The van der Waals surface area contributed by atoms with E-state index in [1.54, 1.807) is 47.6 Å². The van der Waals surface area contributed by atoms with Crippen molar-refractivity contribution in [2.24, 2.45) is 5.92 Å². The third kappa shape index (κ3) is 8.46. The molecule has 0 radical (unpaired) electrons. The van der Waals surface area contributed by atoms with Gasteiger partial charge in [-0.15, -0.1) is 0 Å². The van der Waals surface area contributed by atoms with Gasteiger partial charge in [-0.25, -0.2) is 19.0 Å². The molecule has 0 saturated heterocycles. The van der Waals surface area contributed by atoms with Crippen LogP contribution in [0.5, 0.6) is 5.75 Å². The van der Waals surface area contributed by atoms with E-state index in [1.165, 1.54) is 23.6 Å². The summed E-state index contributed by atoms with van der Waals surface area (Å²) in [6, 6.07) is 2.37. The Morgan fingerprint density at radius 2 is 1.75 bits per heavy atom. The number of aryl methyl sites for hydroxylation is 1. The number of nitrogens with one attached hydrogen (secondary N) is 4. The van der Waals surface area contributed by atoms with E-state index in [0.717, 1.165) is 11.1 Å². The molecule has 3 atom stereocenters. The van der Waals surface area contributed by atoms with E-state index in [4.69, 9.17) is 19.2 Å². The van der Waals surface area contributed by atoms with E-state index in [0.29, 0.717) is 28.7 Å². The van der Waals surface area contributed by atoms with Crippen molar-refractivity contribution >= 4 is 40.7 Å². The number of hydrogen-bond acceptors (Lipinski definition) is 11. The van der Waals surface area contributed by atoms with Crippen molar-refractivity contribution in [2.45, 2.75) is 105 Å². The Hall–Kier alpha value is -5.58. The molecule has 5 N–H and O–H groups in total. The van der Waals surface area contributed by atoms with E-state index < -0.39 is 71.0 Å². The number of carbonyl (C=O) groups excluding carboxylic acids is 5. The van der Waals surface area contributed by atoms with Crippen LogP contribution in [0.3, 0.4) is 0 Å². The van der Waals surface area contributed by atoms with Crippen LogP contribution < -0.4 is 31.6 Å². The summed E-state index contributed by atoms with van der Waals surface area (Å²) in [6.45, 7) is 12.9. The maximum absolute atomic E-state index is 15.4. The number of cyclic esters (lactones) is 1. The fraction of sp³-hybridized carbons (Fsp3) is 0.513. The van der Waals surface area contributed by atoms with Gasteiger partial charge in [0, 0.05) is 22.6 Å². The third-order valence-corrected chi connectivity index (χ3v) is 9.69. The fourth-order valence-electron chi connectivity index (χ4n) is 6.75. The van der Waals surface area contributed by atoms with Gasteiger partial charge in [0.15, 0.2) is 17.2 Å². The molecule has 0 saturated carbocycles. The summed E-state index contributed by atoms with van der Waals surface area (Å²) < 4.78 is 33.0. The molecule has 2 aliphatic heterocycles. The van der Waals surface area contributed by atoms with E-state index >= 15 is 4.39 Å². The largest absolute Gasteiger partial charge is 0.489 e. The second-order valence-electron chi connectivity index (χ2n) is 15.2. The first-order chi connectivity index (χ1) is 26.3. The summed E-state index contributed by atoms with van der Waals surface area (Å²) in [6.07, 6.45) is -0.250. The highest BCUT2D eigenvalue weighted by molar-refractivity contribution is 5.93. The highest BCUT2D eigenvalue weighted by Gasteiger charge is 2.45. The number of aliphatic hydroxyl groups is 1. The highest BCUT2D eigenvalue weighted by Crippen LogP contribution is 2.41. The van der Waals surface area contributed by atoms with Crippen molar-refractivity contribution in [2.75, 3.05) is 19.7 Å². The van der Waals surface area contributed by atoms with Gasteiger partial charge in [0.2, 0.25) is 17.7 Å². The number of benzene rings is 1. The molecule has 17 heteroatoms. The normalized spacial score (nSPS) is 16.9. The minimum Gasteiger partial charge on any atom is -0.489 e. The molecule has 5 rings (SSSR count). The van der Waals surface area contributed by atoms with Crippen molar-refractivity contribution in [3.8, 4) is 17.1 Å². The number of nitrogens with zero attached hydrogens (tertiary/aromatic N) is 2.